The third-order valence-corrected chi connectivity index (χ3v) is 5.67. The van der Waals surface area contributed by atoms with E-state index in [0.717, 1.165) is 47.3 Å². The van der Waals surface area contributed by atoms with Gasteiger partial charge in [0, 0.05) is 19.1 Å². The maximum atomic E-state index is 12.5. The van der Waals surface area contributed by atoms with Gasteiger partial charge in [0.25, 0.3) is 0 Å². The van der Waals surface area contributed by atoms with Crippen LogP contribution in [0.5, 0.6) is 0 Å². The molecule has 5 nitrogen and oxygen atoms in total. The van der Waals surface area contributed by atoms with Gasteiger partial charge in [-0.3, -0.25) is 4.79 Å². The second-order valence-electron chi connectivity index (χ2n) is 6.58. The summed E-state index contributed by atoms with van der Waals surface area (Å²) in [5.74, 6) is 1.91. The van der Waals surface area contributed by atoms with Crippen molar-refractivity contribution >= 4 is 11.8 Å². The van der Waals surface area contributed by atoms with Crippen LogP contribution < -0.4 is 5.43 Å². The first kappa shape index (κ1) is 22.4. The second kappa shape index (κ2) is 11.2. The smallest absolute Gasteiger partial charge is 0.199 e. The Hall–Kier alpha value is -1.92. The average molecular weight is 407 g/mol. The zero-order valence-electron chi connectivity index (χ0n) is 17.4. The van der Waals surface area contributed by atoms with Crippen molar-refractivity contribution in [2.45, 2.75) is 37.0 Å². The summed E-state index contributed by atoms with van der Waals surface area (Å²) in [7, 11) is 6.56. The minimum Gasteiger partial charge on any atom is -0.497 e. The van der Waals surface area contributed by atoms with E-state index in [1.165, 1.54) is 11.8 Å². The van der Waals surface area contributed by atoms with Gasteiger partial charge in [-0.1, -0.05) is 6.07 Å². The first-order valence-corrected chi connectivity index (χ1v) is 10.6. The summed E-state index contributed by atoms with van der Waals surface area (Å²) in [4.78, 5) is 13.3. The van der Waals surface area contributed by atoms with Gasteiger partial charge in [-0.05, 0) is 55.2 Å². The summed E-state index contributed by atoms with van der Waals surface area (Å²) >= 11 is 1.47. The lowest BCUT2D eigenvalue weighted by molar-refractivity contribution is 0.170. The van der Waals surface area contributed by atoms with Crippen LogP contribution in [0.1, 0.15) is 30.4 Å². The minimum atomic E-state index is 0.0642. The molecule has 0 aromatic heterocycles. The first-order chi connectivity index (χ1) is 13.6. The fourth-order valence-corrected chi connectivity index (χ4v) is 3.95. The maximum absolute atomic E-state index is 12.5. The zero-order chi connectivity index (χ0) is 20.5. The number of hydrogen-bond acceptors (Lipinski definition) is 6. The normalized spacial score (nSPS) is 20.8. The van der Waals surface area contributed by atoms with Crippen LogP contribution >= 0.6 is 11.8 Å². The Morgan fingerprint density at radius 3 is 2.25 bits per heavy atom. The SMILES string of the molecule is COC/C1=C(OC)/C(OC)=C(/OC)Cc2ccc(SC)c(=O)cc2CCCC1. The van der Waals surface area contributed by atoms with E-state index in [1.54, 1.807) is 34.5 Å². The van der Waals surface area contributed by atoms with Crippen molar-refractivity contribution in [2.75, 3.05) is 41.3 Å². The number of thioether (sulfide) groups is 1. The molecule has 6 heteroatoms. The van der Waals surface area contributed by atoms with Crippen molar-refractivity contribution in [3.63, 3.8) is 0 Å². The van der Waals surface area contributed by atoms with Gasteiger partial charge in [0.15, 0.2) is 16.9 Å². The number of ether oxygens (including phenoxy) is 4. The molecule has 0 atom stereocenters. The largest absolute Gasteiger partial charge is 0.497 e. The number of aryl methyl sites for hydroxylation is 1. The Kier molecular flexibility index (Phi) is 8.93. The van der Waals surface area contributed by atoms with Gasteiger partial charge in [-0.15, -0.1) is 11.8 Å². The third-order valence-electron chi connectivity index (χ3n) is 4.90. The lowest BCUT2D eigenvalue weighted by atomic mass is 10.0. The molecule has 0 amide bonds. The molecule has 28 heavy (non-hydrogen) atoms. The van der Waals surface area contributed by atoms with Crippen LogP contribution in [0.3, 0.4) is 0 Å². The molecule has 1 aliphatic carbocycles. The molecule has 0 heterocycles. The van der Waals surface area contributed by atoms with Gasteiger partial charge in [0.1, 0.15) is 5.76 Å². The van der Waals surface area contributed by atoms with E-state index in [2.05, 4.69) is 0 Å². The van der Waals surface area contributed by atoms with Crippen LogP contribution in [-0.2, 0) is 31.8 Å². The van der Waals surface area contributed by atoms with E-state index in [-0.39, 0.29) is 5.43 Å². The van der Waals surface area contributed by atoms with E-state index in [4.69, 9.17) is 18.9 Å². The van der Waals surface area contributed by atoms with Gasteiger partial charge in [0.05, 0.1) is 32.8 Å². The Bertz CT molecular complexity index is 798. The van der Waals surface area contributed by atoms with Gasteiger partial charge < -0.3 is 18.9 Å². The highest BCUT2D eigenvalue weighted by Gasteiger charge is 2.21. The lowest BCUT2D eigenvalue weighted by Crippen LogP contribution is -2.10. The molecule has 0 radical (unpaired) electrons. The van der Waals surface area contributed by atoms with Crippen molar-refractivity contribution < 1.29 is 18.9 Å². The molecule has 0 N–H and O–H groups in total. The Morgan fingerprint density at radius 2 is 1.64 bits per heavy atom. The predicted molar refractivity (Wildman–Crippen MR) is 113 cm³/mol. The summed E-state index contributed by atoms with van der Waals surface area (Å²) in [5.41, 5.74) is 3.23. The van der Waals surface area contributed by atoms with Crippen LogP contribution in [0.2, 0.25) is 0 Å². The molecule has 1 aromatic rings. The zero-order valence-corrected chi connectivity index (χ0v) is 18.2. The lowest BCUT2D eigenvalue weighted by Gasteiger charge is -2.18. The van der Waals surface area contributed by atoms with E-state index in [1.807, 2.05) is 18.4 Å². The van der Waals surface area contributed by atoms with Crippen molar-refractivity contribution in [2.24, 2.45) is 0 Å². The molecule has 1 aromatic carbocycles. The topological polar surface area (TPSA) is 54.0 Å². The molecule has 1 aliphatic rings. The van der Waals surface area contributed by atoms with Gasteiger partial charge >= 0.3 is 0 Å². The molecular weight excluding hydrogens is 376 g/mol. The first-order valence-electron chi connectivity index (χ1n) is 9.36. The van der Waals surface area contributed by atoms with Crippen LogP contribution in [-0.4, -0.2) is 41.3 Å². The molecule has 0 unspecified atom stereocenters. The number of methoxy groups -OCH3 is 4. The van der Waals surface area contributed by atoms with E-state index < -0.39 is 0 Å². The highest BCUT2D eigenvalue weighted by Crippen LogP contribution is 2.28. The molecule has 0 spiro atoms. The van der Waals surface area contributed by atoms with Crippen molar-refractivity contribution in [1.29, 1.82) is 0 Å². The van der Waals surface area contributed by atoms with Gasteiger partial charge in [-0.25, -0.2) is 0 Å². The fraction of sp³-hybridized carbons (Fsp3) is 0.500. The third kappa shape index (κ3) is 5.32. The van der Waals surface area contributed by atoms with Crippen LogP contribution in [0.25, 0.3) is 0 Å². The predicted octanol–water partition coefficient (Wildman–Crippen LogP) is 4.09. The fourth-order valence-electron chi connectivity index (χ4n) is 3.49. The Balaban J connectivity index is 2.68. The number of fused-ring (bicyclic) bond motifs is 1. The highest BCUT2D eigenvalue weighted by molar-refractivity contribution is 7.98. The maximum Gasteiger partial charge on any atom is 0.199 e. The summed E-state index contributed by atoms with van der Waals surface area (Å²) in [6.07, 6.45) is 6.05. The van der Waals surface area contributed by atoms with Crippen LogP contribution in [0.15, 0.2) is 50.7 Å². The second-order valence-corrected chi connectivity index (χ2v) is 7.42. The van der Waals surface area contributed by atoms with Crippen molar-refractivity contribution in [3.8, 4) is 0 Å². The monoisotopic (exact) mass is 406 g/mol. The van der Waals surface area contributed by atoms with Crippen LogP contribution in [0, 0.1) is 0 Å². The number of allylic oxidation sites excluding steroid dienone is 1. The molecule has 0 aliphatic heterocycles. The average Bonchev–Trinajstić information content (AvgIpc) is 2.86. The Morgan fingerprint density at radius 1 is 0.929 bits per heavy atom. The summed E-state index contributed by atoms with van der Waals surface area (Å²) in [6.45, 7) is 0.469. The molecule has 0 bridgehead atoms. The Labute approximate surface area is 171 Å². The number of rotatable bonds is 6. The van der Waals surface area contributed by atoms with Crippen molar-refractivity contribution in [3.05, 3.63) is 62.4 Å². The summed E-state index contributed by atoms with van der Waals surface area (Å²) in [6, 6.07) is 5.70. The summed E-state index contributed by atoms with van der Waals surface area (Å²) < 4.78 is 22.5. The minimum absolute atomic E-state index is 0.0642. The molecule has 0 fully saturated rings. The highest BCUT2D eigenvalue weighted by atomic mass is 32.2. The molecule has 0 saturated heterocycles. The molecule has 154 valence electrons. The van der Waals surface area contributed by atoms with E-state index in [0.29, 0.717) is 30.3 Å². The molecular formula is C22H30O5S. The van der Waals surface area contributed by atoms with E-state index in [9.17, 15) is 4.79 Å². The number of hydrogen-bond donors (Lipinski definition) is 0. The molecule has 0 saturated carbocycles. The summed E-state index contributed by atoms with van der Waals surface area (Å²) in [5, 5.41) is 0. The molecule has 2 rings (SSSR count). The quantitative estimate of drug-likeness (QED) is 0.664. The van der Waals surface area contributed by atoms with E-state index >= 15 is 0 Å². The van der Waals surface area contributed by atoms with Crippen LogP contribution in [0.4, 0.5) is 0 Å². The van der Waals surface area contributed by atoms with Gasteiger partial charge in [-0.2, -0.15) is 0 Å². The van der Waals surface area contributed by atoms with Gasteiger partial charge in [0.2, 0.25) is 0 Å². The standard InChI is InChI=1S/C22H30O5S/c1-24-14-17-9-7-6-8-15-12-18(23)20(28-5)11-10-16(15)13-19(25-2)22(27-4)21(17)26-3/h10-12H,6-9,13-14H2,1-5H3/b21-17-,22-19-. The van der Waals surface area contributed by atoms with Crippen molar-refractivity contribution in [1.82, 2.24) is 0 Å².